The Bertz CT molecular complexity index is 630. The lowest BCUT2D eigenvalue weighted by Gasteiger charge is -2.20. The van der Waals surface area contributed by atoms with Crippen molar-refractivity contribution in [2.75, 3.05) is 0 Å². The van der Waals surface area contributed by atoms with Gasteiger partial charge < -0.3 is 14.6 Å². The third kappa shape index (κ3) is 2.75. The largest absolute Gasteiger partial charge is 0.367 e. The van der Waals surface area contributed by atoms with Crippen LogP contribution in [0.2, 0.25) is 0 Å². The molecule has 2 aromatic carbocycles. The SMILES string of the molecule is OC(O)(O[Si])c1ccc(-c2cc(F)c(F)cc2F)cc1. The fourth-order valence-corrected chi connectivity index (χ4v) is 1.79. The summed E-state index contributed by atoms with van der Waals surface area (Å²) >= 11 is 0. The predicted octanol–water partition coefficient (Wildman–Crippen LogP) is 1.97. The van der Waals surface area contributed by atoms with Gasteiger partial charge in [0, 0.05) is 17.2 Å². The van der Waals surface area contributed by atoms with E-state index in [-0.39, 0.29) is 16.7 Å². The lowest BCUT2D eigenvalue weighted by atomic mass is 10.0. The molecule has 0 spiro atoms. The number of rotatable bonds is 3. The van der Waals surface area contributed by atoms with Crippen molar-refractivity contribution in [3.8, 4) is 11.1 Å². The average Bonchev–Trinajstić information content (AvgIpc) is 2.43. The van der Waals surface area contributed by atoms with Crippen molar-refractivity contribution >= 4 is 10.5 Å². The first-order valence-electron chi connectivity index (χ1n) is 5.40. The Balaban J connectivity index is 2.43. The minimum Gasteiger partial charge on any atom is -0.367 e. The molecule has 2 rings (SSSR count). The van der Waals surface area contributed by atoms with Gasteiger partial charge in [0.2, 0.25) is 0 Å². The first-order chi connectivity index (χ1) is 9.35. The minimum absolute atomic E-state index is 0.0285. The van der Waals surface area contributed by atoms with Gasteiger partial charge in [-0.05, 0) is 11.6 Å². The fourth-order valence-electron chi connectivity index (χ4n) is 1.67. The van der Waals surface area contributed by atoms with Crippen molar-refractivity contribution in [3.63, 3.8) is 0 Å². The zero-order valence-electron chi connectivity index (χ0n) is 9.90. The van der Waals surface area contributed by atoms with Crippen LogP contribution < -0.4 is 0 Å². The quantitative estimate of drug-likeness (QED) is 0.517. The molecule has 0 aliphatic carbocycles. The highest BCUT2D eigenvalue weighted by Gasteiger charge is 2.24. The van der Waals surface area contributed by atoms with Gasteiger partial charge in [0.25, 0.3) is 16.5 Å². The Hall–Kier alpha value is -1.67. The van der Waals surface area contributed by atoms with E-state index in [2.05, 4.69) is 14.9 Å². The molecule has 0 aliphatic heterocycles. The highest BCUT2D eigenvalue weighted by molar-refractivity contribution is 5.98. The molecule has 0 atom stereocenters. The molecule has 0 fully saturated rings. The van der Waals surface area contributed by atoms with E-state index in [0.717, 1.165) is 6.07 Å². The van der Waals surface area contributed by atoms with E-state index in [1.807, 2.05) is 0 Å². The lowest BCUT2D eigenvalue weighted by Crippen LogP contribution is -2.27. The van der Waals surface area contributed by atoms with Crippen molar-refractivity contribution in [3.05, 3.63) is 59.4 Å². The topological polar surface area (TPSA) is 49.7 Å². The van der Waals surface area contributed by atoms with Crippen LogP contribution in [0.1, 0.15) is 5.56 Å². The zero-order chi connectivity index (χ0) is 14.9. The van der Waals surface area contributed by atoms with E-state index in [9.17, 15) is 23.4 Å². The molecule has 0 saturated heterocycles. The molecule has 2 N–H and O–H groups in total. The third-order valence-electron chi connectivity index (χ3n) is 2.72. The molecule has 0 aromatic heterocycles. The number of halogens is 3. The summed E-state index contributed by atoms with van der Waals surface area (Å²) in [5.41, 5.74) is 0.0744. The Labute approximate surface area is 115 Å². The van der Waals surface area contributed by atoms with Crippen molar-refractivity contribution in [2.45, 2.75) is 5.97 Å². The van der Waals surface area contributed by atoms with Crippen molar-refractivity contribution in [2.24, 2.45) is 0 Å². The third-order valence-corrected chi connectivity index (χ3v) is 3.01. The second kappa shape index (κ2) is 5.37. The van der Waals surface area contributed by atoms with Crippen molar-refractivity contribution in [1.29, 1.82) is 0 Å². The van der Waals surface area contributed by atoms with Crippen LogP contribution >= 0.6 is 0 Å². The Morgan fingerprint density at radius 1 is 0.900 bits per heavy atom. The van der Waals surface area contributed by atoms with Crippen LogP contribution in [0.4, 0.5) is 13.2 Å². The molecule has 0 unspecified atom stereocenters. The maximum absolute atomic E-state index is 13.6. The van der Waals surface area contributed by atoms with Crippen LogP contribution in [0, 0.1) is 17.5 Å². The van der Waals surface area contributed by atoms with Gasteiger partial charge in [-0.3, -0.25) is 0 Å². The van der Waals surface area contributed by atoms with Crippen molar-refractivity contribution in [1.82, 2.24) is 0 Å². The van der Waals surface area contributed by atoms with Gasteiger partial charge in [0.1, 0.15) is 5.82 Å². The van der Waals surface area contributed by atoms with E-state index in [1.165, 1.54) is 24.3 Å². The van der Waals surface area contributed by atoms with E-state index in [1.54, 1.807) is 0 Å². The summed E-state index contributed by atoms with van der Waals surface area (Å²) in [5.74, 6) is -5.93. The molecule has 3 radical (unpaired) electrons. The first-order valence-corrected chi connectivity index (χ1v) is 5.81. The predicted molar refractivity (Wildman–Crippen MR) is 64.7 cm³/mol. The van der Waals surface area contributed by atoms with Gasteiger partial charge in [0.15, 0.2) is 11.6 Å². The summed E-state index contributed by atoms with van der Waals surface area (Å²) in [6, 6.07) is 6.30. The second-order valence-electron chi connectivity index (χ2n) is 4.03. The molecule has 0 amide bonds. The number of hydrogen-bond acceptors (Lipinski definition) is 3. The molecular formula is C13H8F3O3Si. The molecule has 0 aliphatic rings. The fraction of sp³-hybridized carbons (Fsp3) is 0.0769. The highest BCUT2D eigenvalue weighted by atomic mass is 28.2. The van der Waals surface area contributed by atoms with Crippen LogP contribution in [-0.2, 0) is 10.4 Å². The second-order valence-corrected chi connectivity index (χ2v) is 4.24. The molecule has 103 valence electrons. The van der Waals surface area contributed by atoms with Gasteiger partial charge in [-0.15, -0.1) is 0 Å². The van der Waals surface area contributed by atoms with Crippen LogP contribution in [0.3, 0.4) is 0 Å². The van der Waals surface area contributed by atoms with Crippen LogP contribution in [0.5, 0.6) is 0 Å². The highest BCUT2D eigenvalue weighted by Crippen LogP contribution is 2.27. The summed E-state index contributed by atoms with van der Waals surface area (Å²) in [4.78, 5) is 0. The van der Waals surface area contributed by atoms with E-state index in [0.29, 0.717) is 6.07 Å². The number of aliphatic hydroxyl groups is 2. The molecule has 0 saturated carbocycles. The van der Waals surface area contributed by atoms with Gasteiger partial charge >= 0.3 is 0 Å². The summed E-state index contributed by atoms with van der Waals surface area (Å²) in [7, 11) is 2.50. The minimum atomic E-state index is -2.55. The normalized spacial score (nSPS) is 11.7. The van der Waals surface area contributed by atoms with Crippen LogP contribution in [-0.4, -0.2) is 20.7 Å². The zero-order valence-corrected chi connectivity index (χ0v) is 10.9. The van der Waals surface area contributed by atoms with Crippen LogP contribution in [0.15, 0.2) is 36.4 Å². The molecule has 0 heterocycles. The van der Waals surface area contributed by atoms with Gasteiger partial charge in [0.05, 0.1) is 0 Å². The van der Waals surface area contributed by atoms with E-state index < -0.39 is 23.4 Å². The van der Waals surface area contributed by atoms with E-state index in [4.69, 9.17) is 0 Å². The van der Waals surface area contributed by atoms with E-state index >= 15 is 0 Å². The molecule has 3 nitrogen and oxygen atoms in total. The Kier molecular flexibility index (Phi) is 3.96. The molecule has 20 heavy (non-hydrogen) atoms. The molecular weight excluding hydrogens is 289 g/mol. The van der Waals surface area contributed by atoms with Gasteiger partial charge in [-0.2, -0.15) is 0 Å². The molecule has 7 heteroatoms. The monoisotopic (exact) mass is 297 g/mol. The maximum Gasteiger partial charge on any atom is 0.296 e. The lowest BCUT2D eigenvalue weighted by molar-refractivity contribution is -0.303. The number of benzene rings is 2. The van der Waals surface area contributed by atoms with Gasteiger partial charge in [-0.25, -0.2) is 13.2 Å². The summed E-state index contributed by atoms with van der Waals surface area (Å²) in [6.07, 6.45) is 0. The average molecular weight is 297 g/mol. The van der Waals surface area contributed by atoms with Gasteiger partial charge in [-0.1, -0.05) is 24.3 Å². The Morgan fingerprint density at radius 2 is 1.45 bits per heavy atom. The summed E-state index contributed by atoms with van der Waals surface area (Å²) in [5, 5.41) is 18.8. The molecule has 2 aromatic rings. The summed E-state index contributed by atoms with van der Waals surface area (Å²) < 4.78 is 43.8. The summed E-state index contributed by atoms with van der Waals surface area (Å²) in [6.45, 7) is 0. The van der Waals surface area contributed by atoms with Crippen molar-refractivity contribution < 1.29 is 27.8 Å². The maximum atomic E-state index is 13.6. The first kappa shape index (κ1) is 14.7. The standard InChI is InChI=1S/C13H8F3O3Si/c14-10-6-12(16)11(15)5-9(10)7-1-3-8(4-2-7)13(17,18)19-20/h1-6,17-18H. The Morgan fingerprint density at radius 3 is 2.00 bits per heavy atom. The number of hydrogen-bond donors (Lipinski definition) is 2. The smallest absolute Gasteiger partial charge is 0.296 e. The van der Waals surface area contributed by atoms with Crippen LogP contribution in [0.25, 0.3) is 11.1 Å². The molecule has 0 bridgehead atoms.